The SMILES string of the molecule is COC(=O)c1cnc(Cl)cn1.COc1cc2nn(C)cc2cc1NC(=O)c1cnc(N2CC[C@H](N3CCCC3)C2)cn1. The molecule has 0 unspecified atom stereocenters. The average Bonchev–Trinajstić information content (AvgIpc) is 3.78. The molecule has 1 amide bonds. The second-order valence-corrected chi connectivity index (χ2v) is 10.4. The zero-order valence-electron chi connectivity index (χ0n) is 23.7. The van der Waals surface area contributed by atoms with Crippen LogP contribution < -0.4 is 15.0 Å². The van der Waals surface area contributed by atoms with Gasteiger partial charge in [-0.1, -0.05) is 11.6 Å². The molecule has 2 aliphatic heterocycles. The van der Waals surface area contributed by atoms with Gasteiger partial charge in [-0.15, -0.1) is 0 Å². The second kappa shape index (κ2) is 13.1. The molecule has 0 radical (unpaired) electrons. The quantitative estimate of drug-likeness (QED) is 0.329. The predicted molar refractivity (Wildman–Crippen MR) is 157 cm³/mol. The highest BCUT2D eigenvalue weighted by atomic mass is 35.5. The standard InChI is InChI=1S/C22H27N7O2.C6H5ClN2O2/c1-27-13-15-9-18(20(31-2)10-17(15)26-27)25-22(30)19-11-24-21(12-23-19)29-8-5-16(14-29)28-6-3-4-7-28;1-11-6(10)4-2-9-5(7)3-8-4/h9-13,16H,3-8,14H2,1-2H3,(H,25,30);2-3H,1H3/t16-;/m0./s1. The van der Waals surface area contributed by atoms with Crippen LogP contribution in [0.1, 0.15) is 40.2 Å². The first kappa shape index (κ1) is 29.1. The number of rotatable bonds is 6. The van der Waals surface area contributed by atoms with Crippen LogP contribution >= 0.6 is 11.6 Å². The molecule has 13 nitrogen and oxygen atoms in total. The average molecular weight is 594 g/mol. The van der Waals surface area contributed by atoms with Crippen molar-refractivity contribution in [2.75, 3.05) is 50.6 Å². The molecule has 4 aromatic rings. The summed E-state index contributed by atoms with van der Waals surface area (Å²) >= 11 is 5.43. The number of methoxy groups -OCH3 is 2. The number of nitrogens with one attached hydrogen (secondary N) is 1. The number of fused-ring (bicyclic) bond motifs is 1. The Bertz CT molecular complexity index is 1540. The Balaban J connectivity index is 0.000000271. The number of likely N-dealkylation sites (tertiary alicyclic amines) is 1. The number of anilines is 2. The molecule has 1 aromatic carbocycles. The van der Waals surface area contributed by atoms with E-state index in [1.54, 1.807) is 24.2 Å². The summed E-state index contributed by atoms with van der Waals surface area (Å²) in [5.74, 6) is 0.535. The number of ether oxygens (including phenoxy) is 2. The molecular weight excluding hydrogens is 562 g/mol. The summed E-state index contributed by atoms with van der Waals surface area (Å²) in [6, 6.07) is 4.26. The summed E-state index contributed by atoms with van der Waals surface area (Å²) in [6.45, 7) is 4.36. The molecule has 0 aliphatic carbocycles. The maximum atomic E-state index is 12.8. The molecule has 42 heavy (non-hydrogen) atoms. The van der Waals surface area contributed by atoms with Gasteiger partial charge in [-0.2, -0.15) is 5.10 Å². The topological polar surface area (TPSA) is 140 Å². The lowest BCUT2D eigenvalue weighted by molar-refractivity contribution is 0.0593. The molecule has 0 bridgehead atoms. The Kier molecular flexibility index (Phi) is 9.08. The first-order chi connectivity index (χ1) is 20.3. The zero-order chi connectivity index (χ0) is 29.6. The Morgan fingerprint density at radius 2 is 1.74 bits per heavy atom. The number of amides is 1. The van der Waals surface area contributed by atoms with Gasteiger partial charge in [0.05, 0.1) is 50.2 Å². The minimum atomic E-state index is -0.519. The minimum Gasteiger partial charge on any atom is -0.494 e. The molecule has 14 heteroatoms. The van der Waals surface area contributed by atoms with Crippen molar-refractivity contribution in [3.05, 3.63) is 59.7 Å². The number of nitrogens with zero attached hydrogens (tertiary/aromatic N) is 8. The monoisotopic (exact) mass is 593 g/mol. The van der Waals surface area contributed by atoms with Crippen molar-refractivity contribution in [1.29, 1.82) is 0 Å². The highest BCUT2D eigenvalue weighted by molar-refractivity contribution is 6.29. The maximum absolute atomic E-state index is 12.8. The van der Waals surface area contributed by atoms with E-state index in [-0.39, 0.29) is 22.4 Å². The molecule has 3 aromatic heterocycles. The van der Waals surface area contributed by atoms with Crippen molar-refractivity contribution >= 4 is 45.9 Å². The van der Waals surface area contributed by atoms with Crippen LogP contribution in [0, 0.1) is 0 Å². The summed E-state index contributed by atoms with van der Waals surface area (Å²) in [4.78, 5) is 44.6. The van der Waals surface area contributed by atoms with E-state index < -0.39 is 5.97 Å². The van der Waals surface area contributed by atoms with Gasteiger partial charge in [-0.25, -0.2) is 24.7 Å². The van der Waals surface area contributed by atoms with Gasteiger partial charge < -0.3 is 19.7 Å². The smallest absolute Gasteiger partial charge is 0.358 e. The molecule has 1 atom stereocenters. The van der Waals surface area contributed by atoms with Crippen LogP contribution in [0.4, 0.5) is 11.5 Å². The van der Waals surface area contributed by atoms with Crippen LogP contribution in [0.2, 0.25) is 5.15 Å². The Morgan fingerprint density at radius 1 is 0.976 bits per heavy atom. The van der Waals surface area contributed by atoms with Crippen LogP contribution in [-0.4, -0.2) is 92.9 Å². The van der Waals surface area contributed by atoms with Crippen molar-refractivity contribution in [3.63, 3.8) is 0 Å². The van der Waals surface area contributed by atoms with Crippen LogP contribution in [0.3, 0.4) is 0 Å². The van der Waals surface area contributed by atoms with Crippen molar-refractivity contribution < 1.29 is 19.1 Å². The molecular formula is C28H32ClN9O4. The summed E-state index contributed by atoms with van der Waals surface area (Å²) in [6.07, 6.45) is 11.4. The van der Waals surface area contributed by atoms with Crippen molar-refractivity contribution in [3.8, 4) is 5.75 Å². The van der Waals surface area contributed by atoms with Gasteiger partial charge in [-0.3, -0.25) is 14.4 Å². The largest absolute Gasteiger partial charge is 0.494 e. The van der Waals surface area contributed by atoms with E-state index in [0.29, 0.717) is 17.5 Å². The van der Waals surface area contributed by atoms with E-state index in [1.165, 1.54) is 45.4 Å². The summed E-state index contributed by atoms with van der Waals surface area (Å²) < 4.78 is 11.5. The fourth-order valence-electron chi connectivity index (χ4n) is 5.11. The van der Waals surface area contributed by atoms with E-state index in [2.05, 4.69) is 44.9 Å². The van der Waals surface area contributed by atoms with Gasteiger partial charge in [0.25, 0.3) is 5.91 Å². The Hall–Kier alpha value is -4.36. The third kappa shape index (κ3) is 6.74. The van der Waals surface area contributed by atoms with E-state index in [4.69, 9.17) is 16.3 Å². The number of hydrogen-bond acceptors (Lipinski definition) is 11. The van der Waals surface area contributed by atoms with E-state index in [9.17, 15) is 9.59 Å². The van der Waals surface area contributed by atoms with E-state index in [0.717, 1.165) is 36.2 Å². The summed E-state index contributed by atoms with van der Waals surface area (Å²) in [7, 11) is 4.70. The molecule has 2 aliphatic rings. The van der Waals surface area contributed by atoms with E-state index in [1.807, 2.05) is 25.4 Å². The predicted octanol–water partition coefficient (Wildman–Crippen LogP) is 3.22. The highest BCUT2D eigenvalue weighted by Gasteiger charge is 2.30. The number of halogens is 1. The number of hydrogen-bond donors (Lipinski definition) is 1. The van der Waals surface area contributed by atoms with Gasteiger partial charge in [0.1, 0.15) is 22.4 Å². The van der Waals surface area contributed by atoms with E-state index >= 15 is 0 Å². The summed E-state index contributed by atoms with van der Waals surface area (Å²) in [5.41, 5.74) is 1.80. The third-order valence-corrected chi connectivity index (χ3v) is 7.41. The number of aryl methyl sites for hydroxylation is 1. The fourth-order valence-corrected chi connectivity index (χ4v) is 5.21. The van der Waals surface area contributed by atoms with Gasteiger partial charge in [0, 0.05) is 43.8 Å². The van der Waals surface area contributed by atoms with Crippen LogP contribution in [0.5, 0.6) is 5.75 Å². The number of aromatic nitrogens is 6. The Labute approximate surface area is 247 Å². The molecule has 2 fully saturated rings. The number of benzene rings is 1. The van der Waals surface area contributed by atoms with Crippen LogP contribution in [0.15, 0.2) is 43.1 Å². The number of carbonyl (C=O) groups excluding carboxylic acids is 2. The molecule has 1 N–H and O–H groups in total. The number of carbonyl (C=O) groups is 2. The maximum Gasteiger partial charge on any atom is 0.358 e. The summed E-state index contributed by atoms with van der Waals surface area (Å²) in [5, 5.41) is 8.43. The van der Waals surface area contributed by atoms with Crippen LogP contribution in [-0.2, 0) is 11.8 Å². The first-order valence-corrected chi connectivity index (χ1v) is 13.9. The lowest BCUT2D eigenvalue weighted by Gasteiger charge is -2.23. The zero-order valence-corrected chi connectivity index (χ0v) is 24.4. The second-order valence-electron chi connectivity index (χ2n) is 9.98. The lowest BCUT2D eigenvalue weighted by Crippen LogP contribution is -2.35. The molecule has 0 spiro atoms. The van der Waals surface area contributed by atoms with Crippen molar-refractivity contribution in [2.24, 2.45) is 7.05 Å². The highest BCUT2D eigenvalue weighted by Crippen LogP contribution is 2.30. The normalized spacial score (nSPS) is 16.7. The van der Waals surface area contributed by atoms with Gasteiger partial charge in [0.2, 0.25) is 0 Å². The molecule has 5 heterocycles. The minimum absolute atomic E-state index is 0.150. The van der Waals surface area contributed by atoms with Gasteiger partial charge >= 0.3 is 5.97 Å². The Morgan fingerprint density at radius 3 is 2.40 bits per heavy atom. The van der Waals surface area contributed by atoms with Gasteiger partial charge in [-0.05, 0) is 38.4 Å². The van der Waals surface area contributed by atoms with Crippen LogP contribution in [0.25, 0.3) is 10.9 Å². The fraction of sp³-hybridized carbons (Fsp3) is 0.393. The molecule has 6 rings (SSSR count). The molecule has 0 saturated carbocycles. The van der Waals surface area contributed by atoms with Crippen molar-refractivity contribution in [1.82, 2.24) is 34.6 Å². The molecule has 220 valence electrons. The third-order valence-electron chi connectivity index (χ3n) is 7.22. The molecule has 2 saturated heterocycles. The first-order valence-electron chi connectivity index (χ1n) is 13.5. The number of esters is 1. The lowest BCUT2D eigenvalue weighted by atomic mass is 10.2. The van der Waals surface area contributed by atoms with Crippen molar-refractivity contribution in [2.45, 2.75) is 25.3 Å². The van der Waals surface area contributed by atoms with Gasteiger partial charge in [0.15, 0.2) is 5.69 Å².